The van der Waals surface area contributed by atoms with E-state index in [2.05, 4.69) is 23.8 Å². The van der Waals surface area contributed by atoms with E-state index in [1.54, 1.807) is 13.2 Å². The molecule has 4 nitrogen and oxygen atoms in total. The van der Waals surface area contributed by atoms with Crippen LogP contribution in [-0.2, 0) is 6.42 Å². The van der Waals surface area contributed by atoms with Crippen LogP contribution < -0.4 is 4.74 Å². The van der Waals surface area contributed by atoms with Gasteiger partial charge in [-0.05, 0) is 12.3 Å². The van der Waals surface area contributed by atoms with Gasteiger partial charge in [-0.1, -0.05) is 33.1 Å². The Hall–Kier alpha value is -1.16. The number of hydrogen-bond donors (Lipinski definition) is 1. The van der Waals surface area contributed by atoms with Crippen LogP contribution in [0, 0.1) is 5.92 Å². The van der Waals surface area contributed by atoms with Gasteiger partial charge in [0.05, 0.1) is 18.9 Å². The predicted molar refractivity (Wildman–Crippen MR) is 71.6 cm³/mol. The molecule has 0 aliphatic heterocycles. The van der Waals surface area contributed by atoms with Crippen molar-refractivity contribution in [3.8, 4) is 5.88 Å². The van der Waals surface area contributed by atoms with Crippen molar-refractivity contribution in [1.82, 2.24) is 9.97 Å². The third-order valence-corrected chi connectivity index (χ3v) is 3.32. The lowest BCUT2D eigenvalue weighted by atomic mass is 9.91. The zero-order valence-electron chi connectivity index (χ0n) is 11.6. The quantitative estimate of drug-likeness (QED) is 0.772. The van der Waals surface area contributed by atoms with Crippen molar-refractivity contribution in [2.75, 3.05) is 7.11 Å². The predicted octanol–water partition coefficient (Wildman–Crippen LogP) is 2.61. The second-order valence-corrected chi connectivity index (χ2v) is 4.63. The molecular formula is C14H24N2O2. The minimum absolute atomic E-state index is 0.332. The van der Waals surface area contributed by atoms with Gasteiger partial charge >= 0.3 is 0 Å². The highest BCUT2D eigenvalue weighted by Crippen LogP contribution is 2.20. The van der Waals surface area contributed by atoms with Gasteiger partial charge < -0.3 is 9.84 Å². The van der Waals surface area contributed by atoms with Gasteiger partial charge in [0.15, 0.2) is 0 Å². The van der Waals surface area contributed by atoms with E-state index in [-0.39, 0.29) is 6.10 Å². The molecule has 0 aliphatic rings. The van der Waals surface area contributed by atoms with Gasteiger partial charge in [0.2, 0.25) is 5.88 Å². The molecule has 0 aromatic carbocycles. The molecule has 0 saturated heterocycles. The molecule has 0 fully saturated rings. The van der Waals surface area contributed by atoms with Crippen molar-refractivity contribution in [2.45, 2.75) is 52.1 Å². The summed E-state index contributed by atoms with van der Waals surface area (Å²) in [6.07, 6.45) is 6.14. The second-order valence-electron chi connectivity index (χ2n) is 4.63. The molecule has 0 saturated carbocycles. The summed E-state index contributed by atoms with van der Waals surface area (Å²) < 4.78 is 5.06. The maximum atomic E-state index is 10.3. The summed E-state index contributed by atoms with van der Waals surface area (Å²) in [7, 11) is 1.58. The van der Waals surface area contributed by atoms with Crippen molar-refractivity contribution in [1.29, 1.82) is 0 Å². The molecule has 1 N–H and O–H groups in total. The molecule has 1 rings (SSSR count). The van der Waals surface area contributed by atoms with Gasteiger partial charge in [0, 0.05) is 12.5 Å². The van der Waals surface area contributed by atoms with E-state index in [0.29, 0.717) is 18.2 Å². The van der Waals surface area contributed by atoms with E-state index in [4.69, 9.17) is 4.74 Å². The van der Waals surface area contributed by atoms with Crippen molar-refractivity contribution in [2.24, 2.45) is 5.92 Å². The van der Waals surface area contributed by atoms with Crippen LogP contribution in [0.3, 0.4) is 0 Å². The Balaban J connectivity index is 2.58. The molecule has 0 amide bonds. The SMILES string of the molecule is CCCCC(CC)C(O)Cc1cc(OC)ncn1. The first-order valence-electron chi connectivity index (χ1n) is 6.74. The molecule has 102 valence electrons. The lowest BCUT2D eigenvalue weighted by Crippen LogP contribution is -2.23. The molecule has 1 aromatic heterocycles. The number of aliphatic hydroxyl groups is 1. The highest BCUT2D eigenvalue weighted by atomic mass is 16.5. The van der Waals surface area contributed by atoms with Crippen LogP contribution in [0.2, 0.25) is 0 Å². The van der Waals surface area contributed by atoms with Gasteiger partial charge in [0.1, 0.15) is 6.33 Å². The minimum atomic E-state index is -0.332. The van der Waals surface area contributed by atoms with Crippen molar-refractivity contribution >= 4 is 0 Å². The van der Waals surface area contributed by atoms with E-state index in [1.165, 1.54) is 19.2 Å². The third-order valence-electron chi connectivity index (χ3n) is 3.32. The van der Waals surface area contributed by atoms with Crippen LogP contribution in [0.15, 0.2) is 12.4 Å². The fourth-order valence-corrected chi connectivity index (χ4v) is 2.12. The number of unbranched alkanes of at least 4 members (excludes halogenated alkanes) is 1. The maximum absolute atomic E-state index is 10.3. The number of methoxy groups -OCH3 is 1. The highest BCUT2D eigenvalue weighted by Gasteiger charge is 2.18. The van der Waals surface area contributed by atoms with Crippen molar-refractivity contribution in [3.63, 3.8) is 0 Å². The van der Waals surface area contributed by atoms with Gasteiger partial charge in [-0.2, -0.15) is 0 Å². The Morgan fingerprint density at radius 1 is 1.33 bits per heavy atom. The number of nitrogens with zero attached hydrogens (tertiary/aromatic N) is 2. The van der Waals surface area contributed by atoms with E-state index >= 15 is 0 Å². The largest absolute Gasteiger partial charge is 0.481 e. The number of hydrogen-bond acceptors (Lipinski definition) is 4. The first kappa shape index (κ1) is 14.9. The topological polar surface area (TPSA) is 55.2 Å². The zero-order valence-corrected chi connectivity index (χ0v) is 11.6. The van der Waals surface area contributed by atoms with Crippen LogP contribution >= 0.6 is 0 Å². The molecule has 0 spiro atoms. The molecule has 2 unspecified atom stereocenters. The van der Waals surface area contributed by atoms with E-state index < -0.39 is 0 Å². The summed E-state index contributed by atoms with van der Waals surface area (Å²) in [6.45, 7) is 4.30. The van der Waals surface area contributed by atoms with Crippen molar-refractivity contribution in [3.05, 3.63) is 18.1 Å². The Morgan fingerprint density at radius 3 is 2.72 bits per heavy atom. The summed E-state index contributed by atoms with van der Waals surface area (Å²) in [5.74, 6) is 0.903. The zero-order chi connectivity index (χ0) is 13.4. The monoisotopic (exact) mass is 252 g/mol. The number of rotatable bonds is 8. The molecule has 2 atom stereocenters. The van der Waals surface area contributed by atoms with Gasteiger partial charge in [-0.3, -0.25) is 0 Å². The second kappa shape index (κ2) is 8.03. The molecule has 0 radical (unpaired) electrons. The van der Waals surface area contributed by atoms with Crippen LogP contribution in [-0.4, -0.2) is 28.3 Å². The Kier molecular flexibility index (Phi) is 6.65. The molecule has 18 heavy (non-hydrogen) atoms. The van der Waals surface area contributed by atoms with E-state index in [9.17, 15) is 5.11 Å². The summed E-state index contributed by atoms with van der Waals surface area (Å²) in [5.41, 5.74) is 0.837. The van der Waals surface area contributed by atoms with E-state index in [1.807, 2.05) is 0 Å². The fourth-order valence-electron chi connectivity index (χ4n) is 2.12. The molecule has 4 heteroatoms. The third kappa shape index (κ3) is 4.61. The molecule has 0 aliphatic carbocycles. The number of aliphatic hydroxyl groups excluding tert-OH is 1. The molecular weight excluding hydrogens is 228 g/mol. The van der Waals surface area contributed by atoms with Crippen LogP contribution in [0.4, 0.5) is 0 Å². The standard InChI is InChI=1S/C14H24N2O2/c1-4-6-7-11(5-2)13(17)8-12-9-14(18-3)16-10-15-12/h9-11,13,17H,4-8H2,1-3H3. The summed E-state index contributed by atoms with van der Waals surface area (Å²) in [4.78, 5) is 8.14. The average molecular weight is 252 g/mol. The van der Waals surface area contributed by atoms with E-state index in [0.717, 1.165) is 18.5 Å². The Bertz CT molecular complexity index is 344. The average Bonchev–Trinajstić information content (AvgIpc) is 2.40. The number of aromatic nitrogens is 2. The van der Waals surface area contributed by atoms with Crippen LogP contribution in [0.5, 0.6) is 5.88 Å². The van der Waals surface area contributed by atoms with Crippen LogP contribution in [0.25, 0.3) is 0 Å². The van der Waals surface area contributed by atoms with Gasteiger partial charge in [-0.15, -0.1) is 0 Å². The van der Waals surface area contributed by atoms with Gasteiger partial charge in [-0.25, -0.2) is 9.97 Å². The smallest absolute Gasteiger partial charge is 0.216 e. The maximum Gasteiger partial charge on any atom is 0.216 e. The Labute approximate surface area is 109 Å². The molecule has 1 heterocycles. The molecule has 0 bridgehead atoms. The first-order chi connectivity index (χ1) is 8.71. The molecule has 1 aromatic rings. The first-order valence-corrected chi connectivity index (χ1v) is 6.74. The highest BCUT2D eigenvalue weighted by molar-refractivity contribution is 5.14. The number of ether oxygens (including phenoxy) is 1. The van der Waals surface area contributed by atoms with Crippen LogP contribution in [0.1, 0.15) is 45.2 Å². The summed E-state index contributed by atoms with van der Waals surface area (Å²) in [6, 6.07) is 1.79. The normalized spacial score (nSPS) is 14.2. The lowest BCUT2D eigenvalue weighted by molar-refractivity contribution is 0.0977. The summed E-state index contributed by atoms with van der Waals surface area (Å²) in [5, 5.41) is 10.3. The fraction of sp³-hybridized carbons (Fsp3) is 0.714. The van der Waals surface area contributed by atoms with Crippen molar-refractivity contribution < 1.29 is 9.84 Å². The minimum Gasteiger partial charge on any atom is -0.481 e. The lowest BCUT2D eigenvalue weighted by Gasteiger charge is -2.21. The summed E-state index contributed by atoms with van der Waals surface area (Å²) >= 11 is 0. The van der Waals surface area contributed by atoms with Gasteiger partial charge in [0.25, 0.3) is 0 Å². The Morgan fingerprint density at radius 2 is 2.11 bits per heavy atom.